The van der Waals surface area contributed by atoms with E-state index in [4.69, 9.17) is 14.6 Å². The largest absolute Gasteiger partial charge is 0.493 e. The molecule has 0 radical (unpaired) electrons. The summed E-state index contributed by atoms with van der Waals surface area (Å²) in [7, 11) is 3.08. The minimum Gasteiger partial charge on any atom is -0.493 e. The molecule has 0 unspecified atom stereocenters. The van der Waals surface area contributed by atoms with Crippen molar-refractivity contribution in [2.45, 2.75) is 0 Å². The van der Waals surface area contributed by atoms with Crippen LogP contribution < -0.4 is 9.47 Å². The molecule has 0 saturated carbocycles. The predicted octanol–water partition coefficient (Wildman–Crippen LogP) is 3.16. The number of hydrogen-bond donors (Lipinski definition) is 2. The lowest BCUT2D eigenvalue weighted by Gasteiger charge is -2.11. The number of hydrogen-bond acceptors (Lipinski definition) is 3. The standard InChI is InChI=1S/C13H12BrNO4/c1-18-10-5-8(9(14)6-11(10)19-2)7-3-4-15-12(7)13(16)17/h3-6,15H,1-2H3,(H,16,17). The Morgan fingerprint density at radius 1 is 1.21 bits per heavy atom. The van der Waals surface area contributed by atoms with Crippen LogP contribution in [0, 0.1) is 0 Å². The highest BCUT2D eigenvalue weighted by Gasteiger charge is 2.17. The third-order valence-corrected chi connectivity index (χ3v) is 3.38. The van der Waals surface area contributed by atoms with Gasteiger partial charge >= 0.3 is 5.97 Å². The maximum absolute atomic E-state index is 11.1. The second-order valence-corrected chi connectivity index (χ2v) is 4.61. The number of rotatable bonds is 4. The molecular weight excluding hydrogens is 314 g/mol. The first-order valence-electron chi connectivity index (χ1n) is 5.41. The van der Waals surface area contributed by atoms with E-state index in [2.05, 4.69) is 20.9 Å². The topological polar surface area (TPSA) is 71.6 Å². The highest BCUT2D eigenvalue weighted by Crippen LogP contribution is 2.39. The van der Waals surface area contributed by atoms with Gasteiger partial charge in [-0.1, -0.05) is 15.9 Å². The van der Waals surface area contributed by atoms with Gasteiger partial charge in [-0.15, -0.1) is 0 Å². The third kappa shape index (κ3) is 2.44. The fraction of sp³-hybridized carbons (Fsp3) is 0.154. The molecule has 0 saturated heterocycles. The molecule has 100 valence electrons. The molecule has 5 nitrogen and oxygen atoms in total. The molecule has 1 aromatic carbocycles. The number of halogens is 1. The van der Waals surface area contributed by atoms with E-state index in [1.54, 1.807) is 31.5 Å². The molecule has 0 spiro atoms. The van der Waals surface area contributed by atoms with Gasteiger partial charge in [-0.25, -0.2) is 4.79 Å². The van der Waals surface area contributed by atoms with Gasteiger partial charge < -0.3 is 19.6 Å². The second kappa shape index (κ2) is 5.36. The Morgan fingerprint density at radius 2 is 1.84 bits per heavy atom. The number of nitrogens with one attached hydrogen (secondary N) is 1. The Kier molecular flexibility index (Phi) is 3.80. The second-order valence-electron chi connectivity index (χ2n) is 3.76. The first kappa shape index (κ1) is 13.5. The van der Waals surface area contributed by atoms with E-state index >= 15 is 0 Å². The number of ether oxygens (including phenoxy) is 2. The summed E-state index contributed by atoms with van der Waals surface area (Å²) >= 11 is 3.41. The van der Waals surface area contributed by atoms with Crippen LogP contribution in [0.2, 0.25) is 0 Å². The van der Waals surface area contributed by atoms with Gasteiger partial charge in [0.1, 0.15) is 5.69 Å². The first-order chi connectivity index (χ1) is 9.08. The Morgan fingerprint density at radius 3 is 2.42 bits per heavy atom. The van der Waals surface area contributed by atoms with Crippen LogP contribution >= 0.6 is 15.9 Å². The van der Waals surface area contributed by atoms with Crippen molar-refractivity contribution < 1.29 is 19.4 Å². The average molecular weight is 326 g/mol. The zero-order chi connectivity index (χ0) is 14.0. The van der Waals surface area contributed by atoms with E-state index in [0.29, 0.717) is 17.1 Å². The van der Waals surface area contributed by atoms with Crippen LogP contribution in [0.15, 0.2) is 28.9 Å². The summed E-state index contributed by atoms with van der Waals surface area (Å²) in [5, 5.41) is 9.13. The molecule has 0 atom stereocenters. The van der Waals surface area contributed by atoms with Gasteiger partial charge in [0.2, 0.25) is 0 Å². The van der Waals surface area contributed by atoms with E-state index in [9.17, 15) is 4.79 Å². The van der Waals surface area contributed by atoms with Crippen molar-refractivity contribution in [3.05, 3.63) is 34.6 Å². The summed E-state index contributed by atoms with van der Waals surface area (Å²) in [6.45, 7) is 0. The number of carbonyl (C=O) groups is 1. The molecule has 0 aliphatic carbocycles. The summed E-state index contributed by atoms with van der Waals surface area (Å²) in [5.74, 6) is 0.102. The Labute approximate surface area is 118 Å². The van der Waals surface area contributed by atoms with Crippen molar-refractivity contribution in [2.75, 3.05) is 14.2 Å². The minimum absolute atomic E-state index is 0.132. The van der Waals surface area contributed by atoms with Crippen molar-refractivity contribution in [1.29, 1.82) is 0 Å². The lowest BCUT2D eigenvalue weighted by Crippen LogP contribution is -1.99. The summed E-state index contributed by atoms with van der Waals surface area (Å²) in [6, 6.07) is 5.18. The van der Waals surface area contributed by atoms with Crippen LogP contribution in [-0.2, 0) is 0 Å². The van der Waals surface area contributed by atoms with Gasteiger partial charge in [-0.05, 0) is 18.2 Å². The van der Waals surface area contributed by atoms with Gasteiger partial charge in [0, 0.05) is 21.8 Å². The molecule has 0 bridgehead atoms. The molecule has 1 heterocycles. The van der Waals surface area contributed by atoms with Gasteiger partial charge in [0.05, 0.1) is 14.2 Å². The van der Waals surface area contributed by atoms with Gasteiger partial charge in [0.15, 0.2) is 11.5 Å². The number of H-pyrrole nitrogens is 1. The number of aromatic amines is 1. The monoisotopic (exact) mass is 325 g/mol. The molecule has 2 rings (SSSR count). The smallest absolute Gasteiger partial charge is 0.352 e. The fourth-order valence-electron chi connectivity index (χ4n) is 1.83. The van der Waals surface area contributed by atoms with E-state index in [-0.39, 0.29) is 5.69 Å². The van der Waals surface area contributed by atoms with E-state index in [1.165, 1.54) is 7.11 Å². The zero-order valence-electron chi connectivity index (χ0n) is 10.4. The number of aromatic nitrogens is 1. The van der Waals surface area contributed by atoms with Crippen molar-refractivity contribution in [3.63, 3.8) is 0 Å². The maximum atomic E-state index is 11.1. The Balaban J connectivity index is 2.62. The quantitative estimate of drug-likeness (QED) is 0.905. The fourth-order valence-corrected chi connectivity index (χ4v) is 2.37. The van der Waals surface area contributed by atoms with Crippen molar-refractivity contribution in [1.82, 2.24) is 4.98 Å². The number of methoxy groups -OCH3 is 2. The lowest BCUT2D eigenvalue weighted by atomic mass is 10.1. The Bertz CT molecular complexity index is 621. The van der Waals surface area contributed by atoms with E-state index in [1.807, 2.05) is 0 Å². The molecule has 0 aliphatic rings. The normalized spacial score (nSPS) is 10.3. The first-order valence-corrected chi connectivity index (χ1v) is 6.20. The molecule has 0 amide bonds. The van der Waals surface area contributed by atoms with Crippen LogP contribution in [0.5, 0.6) is 11.5 Å². The molecule has 0 aliphatic heterocycles. The number of carboxylic acids is 1. The Hall–Kier alpha value is -1.95. The summed E-state index contributed by atoms with van der Waals surface area (Å²) < 4.78 is 11.1. The van der Waals surface area contributed by atoms with Crippen molar-refractivity contribution >= 4 is 21.9 Å². The molecule has 0 fully saturated rings. The van der Waals surface area contributed by atoms with Crippen LogP contribution in [0.3, 0.4) is 0 Å². The summed E-state index contributed by atoms with van der Waals surface area (Å²) in [5.41, 5.74) is 1.43. The van der Waals surface area contributed by atoms with Gasteiger partial charge in [0.25, 0.3) is 0 Å². The zero-order valence-corrected chi connectivity index (χ0v) is 11.9. The molecule has 6 heteroatoms. The van der Waals surface area contributed by atoms with Gasteiger partial charge in [-0.2, -0.15) is 0 Å². The van der Waals surface area contributed by atoms with Crippen molar-refractivity contribution in [2.24, 2.45) is 0 Å². The predicted molar refractivity (Wildman–Crippen MR) is 74.0 cm³/mol. The molecule has 2 N–H and O–H groups in total. The lowest BCUT2D eigenvalue weighted by molar-refractivity contribution is 0.0692. The molecule has 2 aromatic rings. The molecule has 1 aromatic heterocycles. The van der Waals surface area contributed by atoms with Crippen LogP contribution in [-0.4, -0.2) is 30.3 Å². The van der Waals surface area contributed by atoms with Crippen molar-refractivity contribution in [3.8, 4) is 22.6 Å². The minimum atomic E-state index is -1.01. The summed E-state index contributed by atoms with van der Waals surface area (Å²) in [4.78, 5) is 13.8. The average Bonchev–Trinajstić information content (AvgIpc) is 2.87. The van der Waals surface area contributed by atoms with E-state index in [0.717, 1.165) is 10.0 Å². The van der Waals surface area contributed by atoms with Crippen LogP contribution in [0.4, 0.5) is 0 Å². The molecule has 19 heavy (non-hydrogen) atoms. The highest BCUT2D eigenvalue weighted by molar-refractivity contribution is 9.10. The highest BCUT2D eigenvalue weighted by atomic mass is 79.9. The number of aromatic carboxylic acids is 1. The number of carboxylic acid groups (broad SMARTS) is 1. The van der Waals surface area contributed by atoms with Gasteiger partial charge in [-0.3, -0.25) is 0 Å². The van der Waals surface area contributed by atoms with Crippen LogP contribution in [0.25, 0.3) is 11.1 Å². The number of benzene rings is 1. The van der Waals surface area contributed by atoms with Crippen LogP contribution in [0.1, 0.15) is 10.5 Å². The third-order valence-electron chi connectivity index (χ3n) is 2.72. The molecular formula is C13H12BrNO4. The summed E-state index contributed by atoms with van der Waals surface area (Å²) in [6.07, 6.45) is 1.59. The maximum Gasteiger partial charge on any atom is 0.352 e. The SMILES string of the molecule is COc1cc(Br)c(-c2cc[nH]c2C(=O)O)cc1OC. The van der Waals surface area contributed by atoms with E-state index < -0.39 is 5.97 Å².